The molecular weight excluding hydrogens is 160 g/mol. The zero-order valence-electron chi connectivity index (χ0n) is 7.68. The molecule has 0 fully saturated rings. The summed E-state index contributed by atoms with van der Waals surface area (Å²) in [6.07, 6.45) is 0. The predicted molar refractivity (Wildman–Crippen MR) is 45.8 cm³/mol. The normalized spacial score (nSPS) is 13.0. The highest BCUT2D eigenvalue weighted by atomic mass is 16.4. The number of hydrogen-bond acceptors (Lipinski definition) is 4. The van der Waals surface area contributed by atoms with Crippen molar-refractivity contribution in [3.63, 3.8) is 0 Å². The van der Waals surface area contributed by atoms with Crippen LogP contribution in [-0.2, 0) is 0 Å². The zero-order chi connectivity index (χ0) is 9.72. The van der Waals surface area contributed by atoms with Gasteiger partial charge in [0, 0.05) is 28.2 Å². The molecule has 6 heteroatoms. The monoisotopic (exact) mass is 174 g/mol. The standard InChI is InChI=1S/C6H14N4O2/c1-9(2)5(7-11)6(8-12)10(3)4/h11-12H,1-4H3/b7-5-,8-6+. The minimum atomic E-state index is 0.197. The third-order valence-corrected chi connectivity index (χ3v) is 1.24. The second-order valence-electron chi connectivity index (χ2n) is 2.64. The maximum Gasteiger partial charge on any atom is 0.213 e. The molecule has 0 radical (unpaired) electrons. The Morgan fingerprint density at radius 2 is 1.08 bits per heavy atom. The molecule has 6 nitrogen and oxygen atoms in total. The lowest BCUT2D eigenvalue weighted by molar-refractivity contribution is 0.301. The highest BCUT2D eigenvalue weighted by molar-refractivity contribution is 6.39. The van der Waals surface area contributed by atoms with Crippen molar-refractivity contribution in [2.24, 2.45) is 10.3 Å². The Hall–Kier alpha value is -1.46. The van der Waals surface area contributed by atoms with Gasteiger partial charge in [0.25, 0.3) is 0 Å². The van der Waals surface area contributed by atoms with Crippen molar-refractivity contribution < 1.29 is 10.4 Å². The molecule has 0 atom stereocenters. The van der Waals surface area contributed by atoms with Gasteiger partial charge in [-0.1, -0.05) is 10.3 Å². The van der Waals surface area contributed by atoms with Crippen molar-refractivity contribution >= 4 is 11.7 Å². The van der Waals surface area contributed by atoms with E-state index in [0.717, 1.165) is 0 Å². The number of oxime groups is 2. The average molecular weight is 174 g/mol. The van der Waals surface area contributed by atoms with E-state index in [0.29, 0.717) is 0 Å². The second kappa shape index (κ2) is 4.42. The van der Waals surface area contributed by atoms with Crippen LogP contribution in [0.25, 0.3) is 0 Å². The minimum Gasteiger partial charge on any atom is -0.409 e. The predicted octanol–water partition coefficient (Wildman–Crippen LogP) is -0.315. The third kappa shape index (κ3) is 2.30. The zero-order valence-corrected chi connectivity index (χ0v) is 7.68. The summed E-state index contributed by atoms with van der Waals surface area (Å²) in [7, 11) is 6.74. The van der Waals surface area contributed by atoms with Gasteiger partial charge in [0.2, 0.25) is 11.7 Å². The van der Waals surface area contributed by atoms with E-state index in [2.05, 4.69) is 10.3 Å². The molecule has 2 N–H and O–H groups in total. The van der Waals surface area contributed by atoms with Gasteiger partial charge in [-0.05, 0) is 0 Å². The van der Waals surface area contributed by atoms with Crippen molar-refractivity contribution in [3.8, 4) is 0 Å². The first kappa shape index (κ1) is 10.5. The SMILES string of the molecule is CN(C)C(=N\O)/C(=N\O)N(C)C. The minimum absolute atomic E-state index is 0.197. The first-order valence-corrected chi connectivity index (χ1v) is 3.33. The summed E-state index contributed by atoms with van der Waals surface area (Å²) in [5.74, 6) is 0.394. The summed E-state index contributed by atoms with van der Waals surface area (Å²) >= 11 is 0. The number of likely N-dealkylation sites (N-methyl/N-ethyl adjacent to an activating group) is 2. The van der Waals surface area contributed by atoms with Crippen LogP contribution < -0.4 is 0 Å². The molecular formula is C6H14N4O2. The van der Waals surface area contributed by atoms with E-state index in [1.807, 2.05) is 0 Å². The van der Waals surface area contributed by atoms with Crippen molar-refractivity contribution in [3.05, 3.63) is 0 Å². The smallest absolute Gasteiger partial charge is 0.213 e. The summed E-state index contributed by atoms with van der Waals surface area (Å²) in [4.78, 5) is 3.07. The molecule has 0 amide bonds. The van der Waals surface area contributed by atoms with E-state index in [-0.39, 0.29) is 11.7 Å². The third-order valence-electron chi connectivity index (χ3n) is 1.24. The fraction of sp³-hybridized carbons (Fsp3) is 0.667. The molecule has 0 saturated heterocycles. The van der Waals surface area contributed by atoms with E-state index in [9.17, 15) is 0 Å². The van der Waals surface area contributed by atoms with E-state index >= 15 is 0 Å². The average Bonchev–Trinajstić information content (AvgIpc) is 1.98. The largest absolute Gasteiger partial charge is 0.409 e. The number of nitrogens with zero attached hydrogens (tertiary/aromatic N) is 4. The van der Waals surface area contributed by atoms with Crippen molar-refractivity contribution in [1.29, 1.82) is 0 Å². The molecule has 0 aliphatic rings. The molecule has 0 aliphatic carbocycles. The summed E-state index contributed by atoms with van der Waals surface area (Å²) in [6, 6.07) is 0. The van der Waals surface area contributed by atoms with Crippen molar-refractivity contribution in [2.45, 2.75) is 0 Å². The molecule has 0 heterocycles. The lowest BCUT2D eigenvalue weighted by atomic mass is 10.4. The summed E-state index contributed by atoms with van der Waals surface area (Å²) in [5.41, 5.74) is 0. The summed E-state index contributed by atoms with van der Waals surface area (Å²) in [5, 5.41) is 23.1. The molecule has 0 unspecified atom stereocenters. The Balaban J connectivity index is 4.73. The maximum atomic E-state index is 8.57. The van der Waals surface area contributed by atoms with Crippen LogP contribution in [0.15, 0.2) is 10.3 Å². The molecule has 0 bridgehead atoms. The molecule has 0 spiro atoms. The second-order valence-corrected chi connectivity index (χ2v) is 2.64. The molecule has 12 heavy (non-hydrogen) atoms. The van der Waals surface area contributed by atoms with Gasteiger partial charge in [-0.25, -0.2) is 0 Å². The highest BCUT2D eigenvalue weighted by Gasteiger charge is 2.14. The lowest BCUT2D eigenvalue weighted by Crippen LogP contribution is -2.38. The number of amidine groups is 2. The van der Waals surface area contributed by atoms with Crippen LogP contribution in [0.1, 0.15) is 0 Å². The summed E-state index contributed by atoms with van der Waals surface area (Å²) in [6.45, 7) is 0. The van der Waals surface area contributed by atoms with Crippen molar-refractivity contribution in [2.75, 3.05) is 28.2 Å². The molecule has 0 aliphatic heterocycles. The topological polar surface area (TPSA) is 71.7 Å². The number of rotatable bonds is 0. The maximum absolute atomic E-state index is 8.57. The molecule has 0 aromatic heterocycles. The fourth-order valence-electron chi connectivity index (χ4n) is 0.668. The van der Waals surface area contributed by atoms with E-state index in [1.54, 1.807) is 28.2 Å². The number of hydrogen-bond donors (Lipinski definition) is 2. The van der Waals surface area contributed by atoms with Gasteiger partial charge in [-0.15, -0.1) is 0 Å². The highest BCUT2D eigenvalue weighted by Crippen LogP contribution is 1.91. The van der Waals surface area contributed by atoms with Gasteiger partial charge in [0.15, 0.2) is 0 Å². The van der Waals surface area contributed by atoms with Crippen LogP contribution in [-0.4, -0.2) is 60.1 Å². The van der Waals surface area contributed by atoms with E-state index < -0.39 is 0 Å². The van der Waals surface area contributed by atoms with Crippen molar-refractivity contribution in [1.82, 2.24) is 9.80 Å². The van der Waals surface area contributed by atoms with Crippen LogP contribution in [0.4, 0.5) is 0 Å². The Morgan fingerprint density at radius 1 is 0.833 bits per heavy atom. The van der Waals surface area contributed by atoms with Crippen LogP contribution in [0.3, 0.4) is 0 Å². The quantitative estimate of drug-likeness (QED) is 0.228. The molecule has 0 aromatic carbocycles. The van der Waals surface area contributed by atoms with E-state index in [1.165, 1.54) is 9.80 Å². The van der Waals surface area contributed by atoms with Gasteiger partial charge >= 0.3 is 0 Å². The van der Waals surface area contributed by atoms with Gasteiger partial charge < -0.3 is 20.2 Å². The molecule has 0 rings (SSSR count). The Morgan fingerprint density at radius 3 is 1.17 bits per heavy atom. The fourth-order valence-corrected chi connectivity index (χ4v) is 0.668. The molecule has 0 saturated carbocycles. The lowest BCUT2D eigenvalue weighted by Gasteiger charge is -2.19. The molecule has 0 aromatic rings. The van der Waals surface area contributed by atoms with Gasteiger partial charge in [0.05, 0.1) is 0 Å². The van der Waals surface area contributed by atoms with Crippen LogP contribution in [0.2, 0.25) is 0 Å². The van der Waals surface area contributed by atoms with Crippen LogP contribution in [0.5, 0.6) is 0 Å². The molecule has 70 valence electrons. The first-order valence-electron chi connectivity index (χ1n) is 3.33. The van der Waals surface area contributed by atoms with E-state index in [4.69, 9.17) is 10.4 Å². The van der Waals surface area contributed by atoms with Gasteiger partial charge in [-0.2, -0.15) is 0 Å². The van der Waals surface area contributed by atoms with Gasteiger partial charge in [0.1, 0.15) is 0 Å². The van der Waals surface area contributed by atoms with Gasteiger partial charge in [-0.3, -0.25) is 0 Å². The van der Waals surface area contributed by atoms with Crippen LogP contribution >= 0.6 is 0 Å². The Bertz CT molecular complexity index is 176. The first-order chi connectivity index (χ1) is 5.54. The Kier molecular flexibility index (Phi) is 3.89. The Labute approximate surface area is 71.4 Å². The summed E-state index contributed by atoms with van der Waals surface area (Å²) < 4.78 is 0. The van der Waals surface area contributed by atoms with Crippen LogP contribution in [0, 0.1) is 0 Å².